The monoisotopic (exact) mass is 705 g/mol. The normalized spacial score (nSPS) is 23.5. The summed E-state index contributed by atoms with van der Waals surface area (Å²) in [6.07, 6.45) is 9.54. The average molecular weight is 706 g/mol. The van der Waals surface area contributed by atoms with Crippen molar-refractivity contribution < 1.29 is 23.9 Å². The third-order valence-electron chi connectivity index (χ3n) is 11.3. The molecule has 0 bridgehead atoms. The van der Waals surface area contributed by atoms with Gasteiger partial charge in [0.05, 0.1) is 55.1 Å². The van der Waals surface area contributed by atoms with E-state index in [0.717, 1.165) is 96.8 Å². The SMILES string of the molecule is COC(=O)N[C@H](C(=O)N1CCC[C@H]1c1ncc(-c2ccc(-c3ccc(-c4cnc([C@@H]5C[C@@]6(CCCO6)CN5C(=O)C5CC5)[nH]4)cc3)cc2)[nH]1)C(C)C. The van der Waals surface area contributed by atoms with Crippen LogP contribution in [0.4, 0.5) is 4.79 Å². The molecule has 12 nitrogen and oxygen atoms in total. The van der Waals surface area contributed by atoms with Crippen LogP contribution in [0.15, 0.2) is 60.9 Å². The second-order valence-corrected chi connectivity index (χ2v) is 15.2. The lowest BCUT2D eigenvalue weighted by molar-refractivity contribution is -0.135. The quantitative estimate of drug-likeness (QED) is 0.183. The van der Waals surface area contributed by atoms with Gasteiger partial charge in [-0.25, -0.2) is 14.8 Å². The number of aromatic amines is 2. The van der Waals surface area contributed by atoms with Gasteiger partial charge >= 0.3 is 6.09 Å². The molecule has 3 N–H and O–H groups in total. The highest BCUT2D eigenvalue weighted by molar-refractivity contribution is 5.86. The predicted molar refractivity (Wildman–Crippen MR) is 195 cm³/mol. The van der Waals surface area contributed by atoms with Gasteiger partial charge in [0.15, 0.2) is 0 Å². The number of aromatic nitrogens is 4. The van der Waals surface area contributed by atoms with E-state index in [-0.39, 0.29) is 41.3 Å². The minimum atomic E-state index is -0.674. The summed E-state index contributed by atoms with van der Waals surface area (Å²) < 4.78 is 11.0. The van der Waals surface area contributed by atoms with Gasteiger partial charge in [-0.05, 0) is 66.7 Å². The van der Waals surface area contributed by atoms with Gasteiger partial charge in [-0.3, -0.25) is 9.59 Å². The lowest BCUT2D eigenvalue weighted by atomic mass is 9.96. The van der Waals surface area contributed by atoms with E-state index in [4.69, 9.17) is 14.5 Å². The lowest BCUT2D eigenvalue weighted by Crippen LogP contribution is -2.51. The summed E-state index contributed by atoms with van der Waals surface area (Å²) >= 11 is 0. The van der Waals surface area contributed by atoms with Crippen molar-refractivity contribution in [2.24, 2.45) is 11.8 Å². The van der Waals surface area contributed by atoms with Crippen LogP contribution in [0.25, 0.3) is 33.6 Å². The van der Waals surface area contributed by atoms with Crippen LogP contribution in [-0.4, -0.2) is 86.1 Å². The van der Waals surface area contributed by atoms with E-state index in [1.165, 1.54) is 7.11 Å². The number of alkyl carbamates (subject to hydrolysis) is 1. The average Bonchev–Trinajstić information content (AvgIpc) is 3.72. The number of imidazole rings is 2. The van der Waals surface area contributed by atoms with Crippen LogP contribution < -0.4 is 5.32 Å². The topological polar surface area (TPSA) is 146 Å². The molecule has 1 aliphatic carbocycles. The number of nitrogens with zero attached hydrogens (tertiary/aromatic N) is 4. The molecule has 4 atom stereocenters. The summed E-state index contributed by atoms with van der Waals surface area (Å²) in [6.45, 7) is 5.85. The molecule has 0 unspecified atom stereocenters. The highest BCUT2D eigenvalue weighted by Crippen LogP contribution is 2.47. The van der Waals surface area contributed by atoms with Gasteiger partial charge < -0.3 is 34.6 Å². The number of carbonyl (C=O) groups excluding carboxylic acids is 3. The molecule has 4 fully saturated rings. The molecule has 5 heterocycles. The molecule has 2 aromatic heterocycles. The number of amides is 3. The van der Waals surface area contributed by atoms with Crippen molar-refractivity contribution in [3.05, 3.63) is 72.6 Å². The second-order valence-electron chi connectivity index (χ2n) is 15.2. The Balaban J connectivity index is 0.935. The largest absolute Gasteiger partial charge is 0.453 e. The summed E-state index contributed by atoms with van der Waals surface area (Å²) in [7, 11) is 1.30. The highest BCUT2D eigenvalue weighted by atomic mass is 16.5. The van der Waals surface area contributed by atoms with Crippen LogP contribution >= 0.6 is 0 Å². The van der Waals surface area contributed by atoms with Gasteiger partial charge in [-0.2, -0.15) is 0 Å². The fourth-order valence-electron chi connectivity index (χ4n) is 8.21. The minimum absolute atomic E-state index is 0.0872. The Labute approximate surface area is 303 Å². The Morgan fingerprint density at radius 1 is 0.846 bits per heavy atom. The van der Waals surface area contributed by atoms with Crippen LogP contribution in [0, 0.1) is 11.8 Å². The lowest BCUT2D eigenvalue weighted by Gasteiger charge is -2.30. The first kappa shape index (κ1) is 34.1. The van der Waals surface area contributed by atoms with E-state index in [1.54, 1.807) is 0 Å². The second kappa shape index (κ2) is 13.9. The summed E-state index contributed by atoms with van der Waals surface area (Å²) in [6, 6.07) is 15.8. The van der Waals surface area contributed by atoms with Crippen LogP contribution in [0.1, 0.15) is 82.5 Å². The van der Waals surface area contributed by atoms with Crippen molar-refractivity contribution in [2.75, 3.05) is 26.8 Å². The number of nitrogens with one attached hydrogen (secondary N) is 3. The van der Waals surface area contributed by atoms with Crippen molar-refractivity contribution in [1.82, 2.24) is 35.1 Å². The Kier molecular flexibility index (Phi) is 9.11. The van der Waals surface area contributed by atoms with Gasteiger partial charge in [-0.1, -0.05) is 62.4 Å². The van der Waals surface area contributed by atoms with Gasteiger partial charge in [-0.15, -0.1) is 0 Å². The van der Waals surface area contributed by atoms with Gasteiger partial charge in [0.2, 0.25) is 11.8 Å². The van der Waals surface area contributed by atoms with Crippen molar-refractivity contribution in [3.8, 4) is 33.6 Å². The zero-order chi connectivity index (χ0) is 36.0. The first-order valence-corrected chi connectivity index (χ1v) is 18.6. The fraction of sp³-hybridized carbons (Fsp3) is 0.475. The van der Waals surface area contributed by atoms with E-state index < -0.39 is 12.1 Å². The fourth-order valence-corrected chi connectivity index (χ4v) is 8.21. The Bertz CT molecular complexity index is 1920. The van der Waals surface area contributed by atoms with Crippen LogP contribution in [0.5, 0.6) is 0 Å². The number of hydrogen-bond donors (Lipinski definition) is 3. The predicted octanol–water partition coefficient (Wildman–Crippen LogP) is 6.41. The Hall–Kier alpha value is -4.97. The van der Waals surface area contributed by atoms with E-state index in [9.17, 15) is 14.4 Å². The molecule has 3 saturated heterocycles. The minimum Gasteiger partial charge on any atom is -0.453 e. The zero-order valence-corrected chi connectivity index (χ0v) is 30.1. The number of benzene rings is 2. The van der Waals surface area contributed by atoms with Gasteiger partial charge in [0, 0.05) is 25.5 Å². The zero-order valence-electron chi connectivity index (χ0n) is 30.1. The molecular formula is C40H47N7O5. The van der Waals surface area contributed by atoms with Crippen molar-refractivity contribution in [2.45, 2.75) is 82.5 Å². The standard InChI is InChI=1S/C40H47N7O5/c1-24(2)34(45-39(50)51-3)38(49)46-18-4-6-32(46)35-41-21-30(43-35)27-11-7-25(8-12-27)26-9-13-28(14-10-26)31-22-42-36(44-31)33-20-40(17-5-19-52-40)23-47(33)37(48)29-15-16-29/h7-14,21-22,24,29,32-34H,4-6,15-20,23H2,1-3H3,(H,41,43)(H,42,44)(H,45,50)/t32-,33-,34-,40-/m0/s1. The summed E-state index contributed by atoms with van der Waals surface area (Å²) in [5, 5.41) is 2.70. The molecule has 1 saturated carbocycles. The van der Waals surface area contributed by atoms with Crippen LogP contribution in [-0.2, 0) is 19.1 Å². The van der Waals surface area contributed by atoms with E-state index in [2.05, 4.69) is 68.8 Å². The molecule has 3 amide bonds. The van der Waals surface area contributed by atoms with Crippen LogP contribution in [0.2, 0.25) is 0 Å². The number of methoxy groups -OCH3 is 1. The molecule has 1 spiro atoms. The van der Waals surface area contributed by atoms with Gasteiger partial charge in [0.1, 0.15) is 17.7 Å². The molecule has 4 aromatic rings. The Morgan fingerprint density at radius 3 is 1.98 bits per heavy atom. The van der Waals surface area contributed by atoms with Crippen molar-refractivity contribution >= 4 is 17.9 Å². The van der Waals surface area contributed by atoms with Crippen molar-refractivity contribution in [1.29, 1.82) is 0 Å². The van der Waals surface area contributed by atoms with E-state index >= 15 is 0 Å². The molecule has 8 rings (SSSR count). The van der Waals surface area contributed by atoms with Crippen LogP contribution in [0.3, 0.4) is 0 Å². The molecule has 12 heteroatoms. The van der Waals surface area contributed by atoms with Crippen molar-refractivity contribution in [3.63, 3.8) is 0 Å². The maximum atomic E-state index is 13.5. The summed E-state index contributed by atoms with van der Waals surface area (Å²) in [5.74, 6) is 1.76. The molecule has 4 aliphatic rings. The molecule has 52 heavy (non-hydrogen) atoms. The summed E-state index contributed by atoms with van der Waals surface area (Å²) in [4.78, 5) is 59.0. The van der Waals surface area contributed by atoms with E-state index in [0.29, 0.717) is 13.1 Å². The van der Waals surface area contributed by atoms with Gasteiger partial charge in [0.25, 0.3) is 0 Å². The first-order valence-electron chi connectivity index (χ1n) is 18.6. The third kappa shape index (κ3) is 6.60. The third-order valence-corrected chi connectivity index (χ3v) is 11.3. The molecule has 3 aliphatic heterocycles. The number of likely N-dealkylation sites (tertiary alicyclic amines) is 2. The Morgan fingerprint density at radius 2 is 1.44 bits per heavy atom. The maximum Gasteiger partial charge on any atom is 0.407 e. The maximum absolute atomic E-state index is 13.5. The molecule has 272 valence electrons. The smallest absolute Gasteiger partial charge is 0.407 e. The number of rotatable bonds is 9. The molecule has 0 radical (unpaired) electrons. The summed E-state index contributed by atoms with van der Waals surface area (Å²) in [5.41, 5.74) is 5.79. The number of ether oxygens (including phenoxy) is 2. The molecule has 2 aromatic carbocycles. The number of carbonyl (C=O) groups is 3. The molecular weight excluding hydrogens is 658 g/mol. The van der Waals surface area contributed by atoms with E-state index in [1.807, 2.05) is 36.0 Å². The first-order chi connectivity index (χ1) is 25.2. The number of hydrogen-bond acceptors (Lipinski definition) is 7. The number of H-pyrrole nitrogens is 2. The highest BCUT2D eigenvalue weighted by Gasteiger charge is 2.52.